The quantitative estimate of drug-likeness (QED) is 0.561. The highest BCUT2D eigenvalue weighted by Gasteiger charge is 2.29. The predicted octanol–water partition coefficient (Wildman–Crippen LogP) is 3.74. The van der Waals surface area contributed by atoms with E-state index in [2.05, 4.69) is 20.6 Å². The van der Waals surface area contributed by atoms with Crippen molar-refractivity contribution in [3.63, 3.8) is 0 Å². The smallest absolute Gasteiger partial charge is 0.227 e. The SMILES string of the molecule is CSc1nc(C)c(CCC(=O)Nc2cccc(NC(=O)C3CC3)c2)c(C)n1. The maximum Gasteiger partial charge on any atom is 0.227 e. The van der Waals surface area contributed by atoms with Crippen LogP contribution in [0.2, 0.25) is 0 Å². The number of carbonyl (C=O) groups is 2. The van der Waals surface area contributed by atoms with Crippen molar-refractivity contribution in [3.8, 4) is 0 Å². The molecule has 3 rings (SSSR count). The van der Waals surface area contributed by atoms with Crippen LogP contribution in [0.25, 0.3) is 0 Å². The Morgan fingerprint density at radius 3 is 2.33 bits per heavy atom. The lowest BCUT2D eigenvalue weighted by molar-refractivity contribution is -0.117. The number of rotatable bonds is 7. The topological polar surface area (TPSA) is 84.0 Å². The van der Waals surface area contributed by atoms with E-state index >= 15 is 0 Å². The van der Waals surface area contributed by atoms with Gasteiger partial charge in [0.05, 0.1) is 0 Å². The van der Waals surface area contributed by atoms with Crippen molar-refractivity contribution in [1.29, 1.82) is 0 Å². The van der Waals surface area contributed by atoms with Crippen molar-refractivity contribution in [2.75, 3.05) is 16.9 Å². The van der Waals surface area contributed by atoms with Gasteiger partial charge in [-0.2, -0.15) is 0 Å². The van der Waals surface area contributed by atoms with Gasteiger partial charge in [-0.25, -0.2) is 9.97 Å². The largest absolute Gasteiger partial charge is 0.326 e. The van der Waals surface area contributed by atoms with Crippen LogP contribution in [-0.2, 0) is 16.0 Å². The van der Waals surface area contributed by atoms with Gasteiger partial charge in [0.25, 0.3) is 0 Å². The Kier molecular flexibility index (Phi) is 6.11. The molecular formula is C20H24N4O2S. The summed E-state index contributed by atoms with van der Waals surface area (Å²) >= 11 is 1.51. The van der Waals surface area contributed by atoms with Crippen molar-refractivity contribution in [3.05, 3.63) is 41.2 Å². The molecule has 1 saturated carbocycles. The molecule has 27 heavy (non-hydrogen) atoms. The van der Waals surface area contributed by atoms with E-state index in [1.807, 2.05) is 38.3 Å². The number of thioether (sulfide) groups is 1. The van der Waals surface area contributed by atoms with Crippen LogP contribution in [0.4, 0.5) is 11.4 Å². The molecule has 6 nitrogen and oxygen atoms in total. The first-order chi connectivity index (χ1) is 13.0. The van der Waals surface area contributed by atoms with E-state index in [1.165, 1.54) is 11.8 Å². The zero-order chi connectivity index (χ0) is 19.4. The molecule has 0 saturated heterocycles. The number of hydrogen-bond acceptors (Lipinski definition) is 5. The Morgan fingerprint density at radius 1 is 1.11 bits per heavy atom. The number of benzene rings is 1. The lowest BCUT2D eigenvalue weighted by atomic mass is 10.1. The van der Waals surface area contributed by atoms with Crippen molar-refractivity contribution in [2.24, 2.45) is 5.92 Å². The Bertz CT molecular complexity index is 842. The molecule has 0 bridgehead atoms. The van der Waals surface area contributed by atoms with Crippen LogP contribution in [0, 0.1) is 19.8 Å². The first-order valence-corrected chi connectivity index (χ1v) is 10.3. The minimum atomic E-state index is -0.0755. The summed E-state index contributed by atoms with van der Waals surface area (Å²) in [5, 5.41) is 6.54. The second-order valence-corrected chi connectivity index (χ2v) is 7.53. The number of nitrogens with zero attached hydrogens (tertiary/aromatic N) is 2. The summed E-state index contributed by atoms with van der Waals surface area (Å²) < 4.78 is 0. The van der Waals surface area contributed by atoms with Gasteiger partial charge in [-0.1, -0.05) is 17.8 Å². The summed E-state index contributed by atoms with van der Waals surface area (Å²) in [6.45, 7) is 3.90. The Hall–Kier alpha value is -2.41. The van der Waals surface area contributed by atoms with Crippen molar-refractivity contribution in [2.45, 2.75) is 44.7 Å². The molecule has 0 radical (unpaired) electrons. The van der Waals surface area contributed by atoms with E-state index in [1.54, 1.807) is 6.07 Å². The Morgan fingerprint density at radius 2 is 1.74 bits per heavy atom. The van der Waals surface area contributed by atoms with Gasteiger partial charge in [0.15, 0.2) is 5.16 Å². The predicted molar refractivity (Wildman–Crippen MR) is 108 cm³/mol. The fourth-order valence-corrected chi connectivity index (χ4v) is 3.34. The van der Waals surface area contributed by atoms with Gasteiger partial charge in [-0.15, -0.1) is 0 Å². The molecule has 0 unspecified atom stereocenters. The van der Waals surface area contributed by atoms with Gasteiger partial charge < -0.3 is 10.6 Å². The van der Waals surface area contributed by atoms with Gasteiger partial charge in [0.2, 0.25) is 11.8 Å². The third kappa shape index (κ3) is 5.29. The van der Waals surface area contributed by atoms with E-state index in [4.69, 9.17) is 0 Å². The number of nitrogens with one attached hydrogen (secondary N) is 2. The first-order valence-electron chi connectivity index (χ1n) is 9.05. The summed E-state index contributed by atoms with van der Waals surface area (Å²) in [7, 11) is 0. The van der Waals surface area contributed by atoms with Crippen molar-refractivity contribution < 1.29 is 9.59 Å². The third-order valence-corrected chi connectivity index (χ3v) is 5.09. The third-order valence-electron chi connectivity index (χ3n) is 4.55. The summed E-state index contributed by atoms with van der Waals surface area (Å²) in [5.74, 6) is 0.126. The van der Waals surface area contributed by atoms with Crippen molar-refractivity contribution >= 4 is 35.0 Å². The second kappa shape index (κ2) is 8.52. The van der Waals surface area contributed by atoms with Crippen LogP contribution in [0.1, 0.15) is 36.2 Å². The highest BCUT2D eigenvalue weighted by atomic mass is 32.2. The number of aromatic nitrogens is 2. The van der Waals surface area contributed by atoms with E-state index < -0.39 is 0 Å². The molecule has 0 aliphatic heterocycles. The molecule has 1 aliphatic rings. The van der Waals surface area contributed by atoms with Crippen LogP contribution in [0.15, 0.2) is 29.4 Å². The second-order valence-electron chi connectivity index (χ2n) is 6.75. The highest BCUT2D eigenvalue weighted by Crippen LogP contribution is 2.30. The number of anilines is 2. The minimum absolute atomic E-state index is 0.0538. The van der Waals surface area contributed by atoms with E-state index in [0.29, 0.717) is 24.2 Å². The van der Waals surface area contributed by atoms with Gasteiger partial charge >= 0.3 is 0 Å². The molecule has 2 aromatic rings. The van der Waals surface area contributed by atoms with Crippen LogP contribution < -0.4 is 10.6 Å². The fourth-order valence-electron chi connectivity index (χ4n) is 2.89. The molecule has 2 N–H and O–H groups in total. The molecule has 0 spiro atoms. The highest BCUT2D eigenvalue weighted by molar-refractivity contribution is 7.98. The standard InChI is InChI=1S/C20H24N4O2S/c1-12-17(13(2)22-20(21-12)27-3)9-10-18(25)23-15-5-4-6-16(11-15)24-19(26)14-7-8-14/h4-6,11,14H,7-10H2,1-3H3,(H,23,25)(H,24,26). The normalized spacial score (nSPS) is 13.3. The molecule has 2 amide bonds. The zero-order valence-electron chi connectivity index (χ0n) is 15.8. The molecule has 142 valence electrons. The van der Waals surface area contributed by atoms with Crippen LogP contribution in [0.5, 0.6) is 0 Å². The van der Waals surface area contributed by atoms with E-state index in [0.717, 1.165) is 34.9 Å². The number of hydrogen-bond donors (Lipinski definition) is 2. The summed E-state index contributed by atoms with van der Waals surface area (Å²) in [5.41, 5.74) is 4.25. The molecule has 1 aromatic carbocycles. The summed E-state index contributed by atoms with van der Waals surface area (Å²) in [6, 6.07) is 7.25. The van der Waals surface area contributed by atoms with Crippen LogP contribution in [-0.4, -0.2) is 28.0 Å². The lowest BCUT2D eigenvalue weighted by Crippen LogP contribution is -2.15. The van der Waals surface area contributed by atoms with Crippen LogP contribution >= 0.6 is 11.8 Å². The lowest BCUT2D eigenvalue weighted by Gasteiger charge is -2.11. The molecule has 1 aromatic heterocycles. The van der Waals surface area contributed by atoms with Crippen molar-refractivity contribution in [1.82, 2.24) is 9.97 Å². The molecule has 1 heterocycles. The van der Waals surface area contributed by atoms with Gasteiger partial charge in [-0.3, -0.25) is 9.59 Å². The first kappa shape index (κ1) is 19.4. The zero-order valence-corrected chi connectivity index (χ0v) is 16.7. The summed E-state index contributed by atoms with van der Waals surface area (Å²) in [6.07, 6.45) is 4.81. The Balaban J connectivity index is 1.57. The average molecular weight is 385 g/mol. The maximum atomic E-state index is 12.3. The molecule has 0 atom stereocenters. The number of amides is 2. The van der Waals surface area contributed by atoms with E-state index in [9.17, 15) is 9.59 Å². The minimum Gasteiger partial charge on any atom is -0.326 e. The van der Waals surface area contributed by atoms with E-state index in [-0.39, 0.29) is 17.7 Å². The average Bonchev–Trinajstić information content (AvgIpc) is 3.46. The number of aryl methyl sites for hydroxylation is 2. The number of carbonyl (C=O) groups excluding carboxylic acids is 2. The molecule has 1 aliphatic carbocycles. The van der Waals surface area contributed by atoms with Gasteiger partial charge in [-0.05, 0) is 63.1 Å². The van der Waals surface area contributed by atoms with Crippen LogP contribution in [0.3, 0.4) is 0 Å². The van der Waals surface area contributed by atoms with Gasteiger partial charge in [0.1, 0.15) is 0 Å². The summed E-state index contributed by atoms with van der Waals surface area (Å²) in [4.78, 5) is 33.1. The Labute approximate surface area is 163 Å². The molecule has 1 fully saturated rings. The monoisotopic (exact) mass is 384 g/mol. The molecular weight excluding hydrogens is 360 g/mol. The maximum absolute atomic E-state index is 12.3. The molecule has 7 heteroatoms. The fraction of sp³-hybridized carbons (Fsp3) is 0.400. The van der Waals surface area contributed by atoms with Gasteiger partial charge in [0, 0.05) is 35.1 Å².